The number of carbonyl (C=O) groups excluding carboxylic acids is 1. The number of amides is 1. The Morgan fingerprint density at radius 1 is 1.41 bits per heavy atom. The van der Waals surface area contributed by atoms with Gasteiger partial charge in [-0.25, -0.2) is 4.79 Å². The van der Waals surface area contributed by atoms with Gasteiger partial charge >= 0.3 is 6.09 Å². The summed E-state index contributed by atoms with van der Waals surface area (Å²) in [6.45, 7) is 11.4. The molecule has 5 nitrogen and oxygen atoms in total. The molecule has 1 fully saturated rings. The number of ether oxygens (including phenoxy) is 2. The van der Waals surface area contributed by atoms with E-state index in [0.29, 0.717) is 6.04 Å². The highest BCUT2D eigenvalue weighted by atomic mass is 16.6. The highest BCUT2D eigenvalue weighted by Gasteiger charge is 2.33. The molecule has 0 aromatic carbocycles. The summed E-state index contributed by atoms with van der Waals surface area (Å²) in [6.07, 6.45) is -0.222. The minimum atomic E-state index is -0.412. The Kier molecular flexibility index (Phi) is 5.21. The maximum absolute atomic E-state index is 11.6. The average molecular weight is 244 g/mol. The maximum Gasteiger partial charge on any atom is 0.410 e. The van der Waals surface area contributed by atoms with Gasteiger partial charge in [-0.1, -0.05) is 0 Å². The molecule has 0 aliphatic carbocycles. The first-order valence-electron chi connectivity index (χ1n) is 6.21. The third kappa shape index (κ3) is 5.37. The molecule has 1 rings (SSSR count). The second-order valence-corrected chi connectivity index (χ2v) is 5.23. The molecule has 1 saturated heterocycles. The summed E-state index contributed by atoms with van der Waals surface area (Å²) < 4.78 is 10.5. The van der Waals surface area contributed by atoms with Gasteiger partial charge < -0.3 is 19.7 Å². The molecule has 5 heteroatoms. The van der Waals surface area contributed by atoms with Crippen molar-refractivity contribution in [1.82, 2.24) is 10.2 Å². The first-order valence-corrected chi connectivity index (χ1v) is 6.21. The van der Waals surface area contributed by atoms with E-state index in [1.807, 2.05) is 27.7 Å². The van der Waals surface area contributed by atoms with Crippen LogP contribution in [0.15, 0.2) is 0 Å². The van der Waals surface area contributed by atoms with Crippen LogP contribution >= 0.6 is 0 Å². The number of nitrogens with one attached hydrogen (secondary N) is 1. The lowest BCUT2D eigenvalue weighted by Gasteiger charge is -2.40. The van der Waals surface area contributed by atoms with Crippen molar-refractivity contribution in [2.75, 3.05) is 32.8 Å². The number of hydrogen-bond donors (Lipinski definition) is 1. The lowest BCUT2D eigenvalue weighted by atomic mass is 10.1. The fraction of sp³-hybridized carbons (Fsp3) is 0.917. The van der Waals surface area contributed by atoms with E-state index in [0.717, 1.165) is 32.8 Å². The molecule has 1 aliphatic rings. The van der Waals surface area contributed by atoms with Crippen LogP contribution < -0.4 is 5.32 Å². The molecule has 0 unspecified atom stereocenters. The van der Waals surface area contributed by atoms with Gasteiger partial charge in [0.25, 0.3) is 0 Å². The smallest absolute Gasteiger partial charge is 0.410 e. The molecule has 100 valence electrons. The van der Waals surface area contributed by atoms with Crippen molar-refractivity contribution in [3.05, 3.63) is 0 Å². The molecular formula is C12H24N2O3. The summed E-state index contributed by atoms with van der Waals surface area (Å²) in [4.78, 5) is 13.3. The van der Waals surface area contributed by atoms with Gasteiger partial charge in [0.2, 0.25) is 0 Å². The van der Waals surface area contributed by atoms with Crippen LogP contribution in [0.4, 0.5) is 4.79 Å². The predicted octanol–water partition coefficient (Wildman–Crippen LogP) is 1.23. The van der Waals surface area contributed by atoms with Crippen LogP contribution in [-0.2, 0) is 9.47 Å². The summed E-state index contributed by atoms with van der Waals surface area (Å²) in [6, 6.07) is 0.378. The lowest BCUT2D eigenvalue weighted by molar-refractivity contribution is 0.00465. The first kappa shape index (κ1) is 14.3. The second-order valence-electron chi connectivity index (χ2n) is 5.23. The number of likely N-dealkylation sites (tertiary alicyclic amines) is 1. The van der Waals surface area contributed by atoms with Crippen LogP contribution in [0.1, 0.15) is 27.7 Å². The van der Waals surface area contributed by atoms with Crippen LogP contribution in [-0.4, -0.2) is 55.5 Å². The maximum atomic E-state index is 11.6. The van der Waals surface area contributed by atoms with Crippen LogP contribution in [0.2, 0.25) is 0 Å². The fourth-order valence-electron chi connectivity index (χ4n) is 1.56. The number of nitrogens with zero attached hydrogens (tertiary/aromatic N) is 1. The molecule has 0 radical (unpaired) electrons. The van der Waals surface area contributed by atoms with E-state index in [1.54, 1.807) is 4.90 Å². The fourth-order valence-corrected chi connectivity index (χ4v) is 1.56. The normalized spacial score (nSPS) is 16.8. The molecule has 1 heterocycles. The van der Waals surface area contributed by atoms with Gasteiger partial charge in [-0.3, -0.25) is 0 Å². The SMILES string of the molecule is CCOCCNC1CN(C(=O)OC(C)(C)C)C1. The van der Waals surface area contributed by atoms with Crippen LogP contribution in [0.3, 0.4) is 0 Å². The van der Waals surface area contributed by atoms with E-state index >= 15 is 0 Å². The van der Waals surface area contributed by atoms with Crippen molar-refractivity contribution >= 4 is 6.09 Å². The monoisotopic (exact) mass is 244 g/mol. The van der Waals surface area contributed by atoms with Crippen molar-refractivity contribution < 1.29 is 14.3 Å². The second kappa shape index (κ2) is 6.21. The zero-order valence-electron chi connectivity index (χ0n) is 11.3. The Bertz CT molecular complexity index is 245. The van der Waals surface area contributed by atoms with Gasteiger partial charge in [-0.05, 0) is 27.7 Å². The Morgan fingerprint density at radius 3 is 2.59 bits per heavy atom. The third-order valence-corrected chi connectivity index (χ3v) is 2.42. The molecule has 0 aromatic heterocycles. The summed E-state index contributed by atoms with van der Waals surface area (Å²) in [7, 11) is 0. The molecular weight excluding hydrogens is 220 g/mol. The van der Waals surface area contributed by atoms with Crippen molar-refractivity contribution in [2.45, 2.75) is 39.3 Å². The Labute approximate surface area is 103 Å². The third-order valence-electron chi connectivity index (χ3n) is 2.42. The molecule has 0 aromatic rings. The summed E-state index contributed by atoms with van der Waals surface area (Å²) in [5.74, 6) is 0. The molecule has 0 saturated carbocycles. The minimum absolute atomic E-state index is 0.222. The summed E-state index contributed by atoms with van der Waals surface area (Å²) in [5, 5.41) is 3.33. The summed E-state index contributed by atoms with van der Waals surface area (Å²) >= 11 is 0. The van der Waals surface area contributed by atoms with Gasteiger partial charge in [-0.2, -0.15) is 0 Å². The predicted molar refractivity (Wildman–Crippen MR) is 66.1 cm³/mol. The standard InChI is InChI=1S/C12H24N2O3/c1-5-16-7-6-13-10-8-14(9-10)11(15)17-12(2,3)4/h10,13H,5-9H2,1-4H3. The van der Waals surface area contributed by atoms with Crippen molar-refractivity contribution in [3.63, 3.8) is 0 Å². The van der Waals surface area contributed by atoms with E-state index in [2.05, 4.69) is 5.32 Å². The Morgan fingerprint density at radius 2 is 2.06 bits per heavy atom. The molecule has 1 N–H and O–H groups in total. The summed E-state index contributed by atoms with van der Waals surface area (Å²) in [5.41, 5.74) is -0.412. The molecule has 0 bridgehead atoms. The van der Waals surface area contributed by atoms with Crippen molar-refractivity contribution in [1.29, 1.82) is 0 Å². The van der Waals surface area contributed by atoms with Gasteiger partial charge in [0, 0.05) is 32.3 Å². The van der Waals surface area contributed by atoms with Crippen molar-refractivity contribution in [3.8, 4) is 0 Å². The Hall–Kier alpha value is -0.810. The average Bonchev–Trinajstić information content (AvgIpc) is 2.11. The molecule has 1 aliphatic heterocycles. The first-order chi connectivity index (χ1) is 7.92. The molecule has 0 atom stereocenters. The minimum Gasteiger partial charge on any atom is -0.444 e. The highest BCUT2D eigenvalue weighted by molar-refractivity contribution is 5.69. The van der Waals surface area contributed by atoms with Gasteiger partial charge in [0.05, 0.1) is 6.61 Å². The molecule has 17 heavy (non-hydrogen) atoms. The lowest BCUT2D eigenvalue weighted by Crippen LogP contribution is -2.60. The van der Waals surface area contributed by atoms with Gasteiger partial charge in [-0.15, -0.1) is 0 Å². The number of hydrogen-bond acceptors (Lipinski definition) is 4. The molecule has 1 amide bonds. The van der Waals surface area contributed by atoms with Crippen LogP contribution in [0, 0.1) is 0 Å². The van der Waals surface area contributed by atoms with Crippen molar-refractivity contribution in [2.24, 2.45) is 0 Å². The zero-order valence-corrected chi connectivity index (χ0v) is 11.3. The largest absolute Gasteiger partial charge is 0.444 e. The van der Waals surface area contributed by atoms with Gasteiger partial charge in [0.15, 0.2) is 0 Å². The Balaban J connectivity index is 2.08. The molecule has 0 spiro atoms. The van der Waals surface area contributed by atoms with Gasteiger partial charge in [0.1, 0.15) is 5.60 Å². The van der Waals surface area contributed by atoms with Crippen LogP contribution in [0.5, 0.6) is 0 Å². The quantitative estimate of drug-likeness (QED) is 0.739. The van der Waals surface area contributed by atoms with E-state index in [-0.39, 0.29) is 6.09 Å². The highest BCUT2D eigenvalue weighted by Crippen LogP contribution is 2.14. The topological polar surface area (TPSA) is 50.8 Å². The zero-order chi connectivity index (χ0) is 12.9. The van der Waals surface area contributed by atoms with E-state index in [1.165, 1.54) is 0 Å². The number of rotatable bonds is 5. The number of carbonyl (C=O) groups is 1. The van der Waals surface area contributed by atoms with E-state index < -0.39 is 5.60 Å². The van der Waals surface area contributed by atoms with E-state index in [4.69, 9.17) is 9.47 Å². The van der Waals surface area contributed by atoms with Crippen LogP contribution in [0.25, 0.3) is 0 Å². The van der Waals surface area contributed by atoms with E-state index in [9.17, 15) is 4.79 Å².